The minimum Gasteiger partial charge on any atom is -0.493 e. The average molecular weight is 372 g/mol. The molecule has 9 nitrogen and oxygen atoms in total. The van der Waals surface area contributed by atoms with Crippen molar-refractivity contribution in [3.8, 4) is 11.5 Å². The molecule has 2 heterocycles. The zero-order valence-corrected chi connectivity index (χ0v) is 14.5. The number of nitrogens with one attached hydrogen (secondary N) is 2. The highest BCUT2D eigenvalue weighted by Gasteiger charge is 2.22. The van der Waals surface area contributed by atoms with Crippen LogP contribution in [0.2, 0.25) is 0 Å². The molecule has 1 aromatic heterocycles. The Kier molecular flexibility index (Phi) is 5.11. The molecule has 9 heteroatoms. The van der Waals surface area contributed by atoms with Crippen molar-refractivity contribution in [3.63, 3.8) is 0 Å². The third-order valence-electron chi connectivity index (χ3n) is 3.64. The fourth-order valence-corrected chi connectivity index (χ4v) is 2.36. The number of amides is 3. The molecule has 1 aliphatic rings. The van der Waals surface area contributed by atoms with Crippen molar-refractivity contribution in [1.82, 2.24) is 10.6 Å². The first-order valence-electron chi connectivity index (χ1n) is 7.82. The van der Waals surface area contributed by atoms with Crippen molar-refractivity contribution < 1.29 is 33.0 Å². The molecule has 0 radical (unpaired) electrons. The van der Waals surface area contributed by atoms with Gasteiger partial charge in [-0.25, -0.2) is 9.59 Å². The van der Waals surface area contributed by atoms with E-state index >= 15 is 0 Å². The van der Waals surface area contributed by atoms with Crippen molar-refractivity contribution in [3.05, 3.63) is 53.1 Å². The molecule has 0 aliphatic carbocycles. The molecule has 0 bridgehead atoms. The Morgan fingerprint density at radius 1 is 1.11 bits per heavy atom. The maximum Gasteiger partial charge on any atom is 0.373 e. The lowest BCUT2D eigenvalue weighted by molar-refractivity contribution is -0.115. The second-order valence-corrected chi connectivity index (χ2v) is 5.42. The van der Waals surface area contributed by atoms with Crippen LogP contribution in [0.25, 0.3) is 6.08 Å². The Balaban J connectivity index is 1.72. The standard InChI is InChI=1S/C18H16N2O7/c1-24-15-8-10(7-12-16(21)20-18(23)19-12)3-5-13(15)26-9-11-4-6-14(27-11)17(22)25-2/h3-8H,9H2,1-2H3,(H2,19,20,21,23)/b12-7-. The number of hydrogen-bond acceptors (Lipinski definition) is 7. The first kappa shape index (κ1) is 18.1. The molecule has 3 rings (SSSR count). The molecule has 27 heavy (non-hydrogen) atoms. The van der Waals surface area contributed by atoms with E-state index in [9.17, 15) is 14.4 Å². The number of carbonyl (C=O) groups excluding carboxylic acids is 3. The topological polar surface area (TPSA) is 116 Å². The summed E-state index contributed by atoms with van der Waals surface area (Å²) in [4.78, 5) is 34.1. The van der Waals surface area contributed by atoms with Gasteiger partial charge in [-0.3, -0.25) is 10.1 Å². The van der Waals surface area contributed by atoms with Gasteiger partial charge in [0.05, 0.1) is 14.2 Å². The quantitative estimate of drug-likeness (QED) is 0.451. The van der Waals surface area contributed by atoms with Crippen LogP contribution in [-0.2, 0) is 16.1 Å². The molecule has 1 saturated heterocycles. The van der Waals surface area contributed by atoms with Crippen molar-refractivity contribution in [1.29, 1.82) is 0 Å². The van der Waals surface area contributed by atoms with E-state index in [2.05, 4.69) is 15.4 Å². The minimum absolute atomic E-state index is 0.0756. The number of furan rings is 1. The van der Waals surface area contributed by atoms with E-state index in [0.717, 1.165) is 0 Å². The van der Waals surface area contributed by atoms with Gasteiger partial charge in [0.2, 0.25) is 5.76 Å². The number of esters is 1. The number of methoxy groups -OCH3 is 2. The lowest BCUT2D eigenvalue weighted by Gasteiger charge is -2.10. The van der Waals surface area contributed by atoms with Crippen LogP contribution in [-0.4, -0.2) is 32.1 Å². The summed E-state index contributed by atoms with van der Waals surface area (Å²) in [6.07, 6.45) is 1.52. The fraction of sp³-hybridized carbons (Fsp3) is 0.167. The van der Waals surface area contributed by atoms with E-state index < -0.39 is 17.9 Å². The van der Waals surface area contributed by atoms with Crippen LogP contribution in [0.4, 0.5) is 4.79 Å². The van der Waals surface area contributed by atoms with E-state index in [1.54, 1.807) is 24.3 Å². The third-order valence-corrected chi connectivity index (χ3v) is 3.64. The number of benzene rings is 1. The first-order chi connectivity index (χ1) is 13.0. The summed E-state index contributed by atoms with van der Waals surface area (Å²) in [7, 11) is 2.74. The summed E-state index contributed by atoms with van der Waals surface area (Å²) in [6.45, 7) is 0.0756. The van der Waals surface area contributed by atoms with Gasteiger partial charge in [0.15, 0.2) is 11.5 Å². The molecular weight excluding hydrogens is 356 g/mol. The fourth-order valence-electron chi connectivity index (χ4n) is 2.36. The summed E-state index contributed by atoms with van der Waals surface area (Å²) < 4.78 is 20.9. The molecule has 1 fully saturated rings. The normalized spacial score (nSPS) is 14.7. The van der Waals surface area contributed by atoms with E-state index in [1.807, 2.05) is 0 Å². The van der Waals surface area contributed by atoms with Gasteiger partial charge in [0, 0.05) is 0 Å². The molecule has 2 aromatic rings. The molecule has 3 amide bonds. The molecule has 0 spiro atoms. The van der Waals surface area contributed by atoms with Gasteiger partial charge in [-0.1, -0.05) is 6.07 Å². The molecule has 0 saturated carbocycles. The summed E-state index contributed by atoms with van der Waals surface area (Å²) in [5.41, 5.74) is 0.777. The number of urea groups is 1. The van der Waals surface area contributed by atoms with Crippen molar-refractivity contribution in [2.75, 3.05) is 14.2 Å². The maximum absolute atomic E-state index is 11.6. The van der Waals surface area contributed by atoms with Crippen LogP contribution in [0.3, 0.4) is 0 Å². The summed E-state index contributed by atoms with van der Waals surface area (Å²) in [6, 6.07) is 7.55. The van der Waals surface area contributed by atoms with E-state index in [4.69, 9.17) is 13.9 Å². The number of rotatable bonds is 6. The smallest absolute Gasteiger partial charge is 0.373 e. The van der Waals surface area contributed by atoms with E-state index in [0.29, 0.717) is 22.8 Å². The predicted octanol–water partition coefficient (Wildman–Crippen LogP) is 1.83. The molecule has 2 N–H and O–H groups in total. The van der Waals surface area contributed by atoms with Crippen molar-refractivity contribution in [2.45, 2.75) is 6.61 Å². The van der Waals surface area contributed by atoms with Gasteiger partial charge in [0.25, 0.3) is 5.91 Å². The Hall–Kier alpha value is -3.75. The second kappa shape index (κ2) is 7.65. The highest BCUT2D eigenvalue weighted by atomic mass is 16.5. The molecule has 140 valence electrons. The van der Waals surface area contributed by atoms with Gasteiger partial charge in [0.1, 0.15) is 18.1 Å². The minimum atomic E-state index is -0.570. The molecule has 1 aromatic carbocycles. The summed E-state index contributed by atoms with van der Waals surface area (Å²) in [5.74, 6) is 0.318. The van der Waals surface area contributed by atoms with Gasteiger partial charge >= 0.3 is 12.0 Å². The number of imide groups is 1. The SMILES string of the molecule is COC(=O)c1ccc(COc2ccc(/C=C3\NC(=O)NC3=O)cc2OC)o1. The van der Waals surface area contributed by atoms with Crippen LogP contribution in [0.1, 0.15) is 21.9 Å². The van der Waals surface area contributed by atoms with Crippen LogP contribution in [0.15, 0.2) is 40.4 Å². The van der Waals surface area contributed by atoms with Crippen LogP contribution >= 0.6 is 0 Å². The third kappa shape index (κ3) is 4.09. The van der Waals surface area contributed by atoms with Gasteiger partial charge in [-0.15, -0.1) is 0 Å². The number of ether oxygens (including phenoxy) is 3. The number of hydrogen-bond donors (Lipinski definition) is 2. The van der Waals surface area contributed by atoms with Gasteiger partial charge < -0.3 is 23.9 Å². The predicted molar refractivity (Wildman–Crippen MR) is 92.0 cm³/mol. The summed E-state index contributed by atoms with van der Waals surface area (Å²) >= 11 is 0. The van der Waals surface area contributed by atoms with Gasteiger partial charge in [-0.05, 0) is 35.9 Å². The van der Waals surface area contributed by atoms with Crippen LogP contribution in [0.5, 0.6) is 11.5 Å². The van der Waals surface area contributed by atoms with Crippen molar-refractivity contribution >= 4 is 24.0 Å². The lowest BCUT2D eigenvalue weighted by atomic mass is 10.1. The van der Waals surface area contributed by atoms with Crippen LogP contribution in [0, 0.1) is 0 Å². The first-order valence-corrected chi connectivity index (χ1v) is 7.82. The molecule has 1 aliphatic heterocycles. The average Bonchev–Trinajstić information content (AvgIpc) is 3.26. The Bertz CT molecular complexity index is 930. The molecular formula is C18H16N2O7. The Morgan fingerprint density at radius 2 is 1.93 bits per heavy atom. The summed E-state index contributed by atoms with van der Waals surface area (Å²) in [5, 5.41) is 4.53. The van der Waals surface area contributed by atoms with E-state index in [1.165, 1.54) is 26.4 Å². The Morgan fingerprint density at radius 3 is 2.59 bits per heavy atom. The Labute approximate surface area is 153 Å². The zero-order valence-electron chi connectivity index (χ0n) is 14.5. The van der Waals surface area contributed by atoms with Gasteiger partial charge in [-0.2, -0.15) is 0 Å². The highest BCUT2D eigenvalue weighted by molar-refractivity contribution is 6.14. The van der Waals surface area contributed by atoms with E-state index in [-0.39, 0.29) is 18.1 Å². The maximum atomic E-state index is 11.6. The van der Waals surface area contributed by atoms with Crippen molar-refractivity contribution in [2.24, 2.45) is 0 Å². The molecule has 0 unspecified atom stereocenters. The monoisotopic (exact) mass is 372 g/mol. The van der Waals surface area contributed by atoms with Crippen LogP contribution < -0.4 is 20.1 Å². The highest BCUT2D eigenvalue weighted by Crippen LogP contribution is 2.30. The second-order valence-electron chi connectivity index (χ2n) is 5.42. The zero-order chi connectivity index (χ0) is 19.4. The number of carbonyl (C=O) groups is 3. The largest absolute Gasteiger partial charge is 0.493 e. The lowest BCUT2D eigenvalue weighted by Crippen LogP contribution is -2.22. The molecule has 0 atom stereocenters.